The number of benzene rings is 1. The van der Waals surface area contributed by atoms with Crippen molar-refractivity contribution in [2.75, 3.05) is 26.2 Å². The number of hydrogen-bond acceptors (Lipinski definition) is 5. The quantitative estimate of drug-likeness (QED) is 0.526. The summed E-state index contributed by atoms with van der Waals surface area (Å²) in [6, 6.07) is 12.5. The second-order valence-electron chi connectivity index (χ2n) is 7.21. The molecule has 3 heterocycles. The van der Waals surface area contributed by atoms with E-state index in [9.17, 15) is 4.79 Å². The molecule has 1 aromatic carbocycles. The van der Waals surface area contributed by atoms with Crippen molar-refractivity contribution in [2.24, 2.45) is 0 Å². The van der Waals surface area contributed by atoms with Crippen molar-refractivity contribution in [3.8, 4) is 0 Å². The number of hydrogen-bond donors (Lipinski definition) is 0. The maximum Gasteiger partial charge on any atom is 0.237 e. The van der Waals surface area contributed by atoms with Crippen molar-refractivity contribution in [1.82, 2.24) is 14.8 Å². The summed E-state index contributed by atoms with van der Waals surface area (Å²) in [4.78, 5) is 23.1. The van der Waals surface area contributed by atoms with Gasteiger partial charge in [-0.3, -0.25) is 9.69 Å². The molecule has 4 rings (SSSR count). The van der Waals surface area contributed by atoms with Crippen molar-refractivity contribution in [3.05, 3.63) is 64.3 Å². The number of aromatic nitrogens is 1. The second-order valence-corrected chi connectivity index (χ2v) is 9.31. The van der Waals surface area contributed by atoms with E-state index in [0.717, 1.165) is 31.4 Å². The van der Waals surface area contributed by atoms with Gasteiger partial charge in [0.1, 0.15) is 0 Å². The molecule has 0 saturated carbocycles. The highest BCUT2D eigenvalue weighted by atomic mass is 32.1. The first-order chi connectivity index (χ1) is 13.7. The maximum absolute atomic E-state index is 12.8. The molecule has 6 heteroatoms. The first-order valence-corrected chi connectivity index (χ1v) is 11.4. The van der Waals surface area contributed by atoms with Crippen LogP contribution < -0.4 is 0 Å². The molecule has 0 unspecified atom stereocenters. The van der Waals surface area contributed by atoms with Crippen molar-refractivity contribution in [2.45, 2.75) is 25.3 Å². The second kappa shape index (κ2) is 8.99. The van der Waals surface area contributed by atoms with E-state index in [4.69, 9.17) is 4.98 Å². The van der Waals surface area contributed by atoms with E-state index in [1.54, 1.807) is 11.3 Å². The maximum atomic E-state index is 12.8. The third kappa shape index (κ3) is 4.51. The Morgan fingerprint density at radius 3 is 2.79 bits per heavy atom. The molecular formula is C22H25N3OS2. The van der Waals surface area contributed by atoms with Gasteiger partial charge in [-0.15, -0.1) is 29.3 Å². The van der Waals surface area contributed by atoms with Gasteiger partial charge in [0.25, 0.3) is 0 Å². The molecule has 0 radical (unpaired) electrons. The smallest absolute Gasteiger partial charge is 0.237 e. The zero-order chi connectivity index (χ0) is 19.3. The van der Waals surface area contributed by atoms with Crippen molar-refractivity contribution in [3.63, 3.8) is 0 Å². The molecule has 0 N–H and O–H groups in total. The van der Waals surface area contributed by atoms with Crippen LogP contribution in [0.1, 0.15) is 28.6 Å². The van der Waals surface area contributed by atoms with Gasteiger partial charge in [-0.2, -0.15) is 0 Å². The topological polar surface area (TPSA) is 36.4 Å². The standard InChI is InChI=1S/C22H25N3OS2/c1-2-11-25(15-18-6-5-14-27-18)21(26)16-24-12-9-17(10-13-24)22-23-19-7-3-4-8-20(19)28-22/h2-8,14,17H,1,9-13,15-16H2. The average molecular weight is 412 g/mol. The summed E-state index contributed by atoms with van der Waals surface area (Å²) in [5.74, 6) is 0.700. The summed E-state index contributed by atoms with van der Waals surface area (Å²) < 4.78 is 1.27. The van der Waals surface area contributed by atoms with Crippen molar-refractivity contribution >= 4 is 38.8 Å². The summed E-state index contributed by atoms with van der Waals surface area (Å²) in [5, 5.41) is 3.30. The number of carbonyl (C=O) groups excluding carboxylic acids is 1. The molecule has 0 bridgehead atoms. The number of thiazole rings is 1. The van der Waals surface area contributed by atoms with Gasteiger partial charge in [0.15, 0.2) is 0 Å². The highest BCUT2D eigenvalue weighted by Gasteiger charge is 2.25. The number of nitrogens with zero attached hydrogens (tertiary/aromatic N) is 3. The number of carbonyl (C=O) groups is 1. The molecule has 146 valence electrons. The van der Waals surface area contributed by atoms with Gasteiger partial charge in [-0.05, 0) is 49.5 Å². The van der Waals surface area contributed by atoms with Crippen LogP contribution in [-0.2, 0) is 11.3 Å². The number of piperidine rings is 1. The van der Waals surface area contributed by atoms with Gasteiger partial charge in [0.2, 0.25) is 5.91 Å². The van der Waals surface area contributed by atoms with Crippen LogP contribution in [0.3, 0.4) is 0 Å². The van der Waals surface area contributed by atoms with Gasteiger partial charge in [-0.25, -0.2) is 4.98 Å². The lowest BCUT2D eigenvalue weighted by molar-refractivity contribution is -0.132. The van der Waals surface area contributed by atoms with Crippen LogP contribution in [0.25, 0.3) is 10.2 Å². The lowest BCUT2D eigenvalue weighted by atomic mass is 9.97. The normalized spacial score (nSPS) is 15.7. The zero-order valence-corrected chi connectivity index (χ0v) is 17.6. The summed E-state index contributed by atoms with van der Waals surface area (Å²) in [5.41, 5.74) is 1.11. The Labute approximate surface area is 174 Å². The van der Waals surface area contributed by atoms with Gasteiger partial charge in [0, 0.05) is 17.3 Å². The highest BCUT2D eigenvalue weighted by molar-refractivity contribution is 7.18. The summed E-state index contributed by atoms with van der Waals surface area (Å²) in [6.07, 6.45) is 3.95. The Balaban J connectivity index is 1.32. The summed E-state index contributed by atoms with van der Waals surface area (Å²) >= 11 is 3.51. The first-order valence-electron chi connectivity index (χ1n) is 9.72. The third-order valence-electron chi connectivity index (χ3n) is 5.24. The minimum absolute atomic E-state index is 0.187. The Kier molecular flexibility index (Phi) is 6.20. The molecule has 3 aromatic rings. The molecule has 2 aromatic heterocycles. The minimum Gasteiger partial charge on any atom is -0.333 e. The van der Waals surface area contributed by atoms with Gasteiger partial charge < -0.3 is 4.90 Å². The van der Waals surface area contributed by atoms with Crippen molar-refractivity contribution < 1.29 is 4.79 Å². The van der Waals surface area contributed by atoms with Gasteiger partial charge in [-0.1, -0.05) is 24.3 Å². The monoisotopic (exact) mass is 411 g/mol. The molecule has 1 aliphatic rings. The first kappa shape index (κ1) is 19.3. The van der Waals surface area contributed by atoms with Gasteiger partial charge >= 0.3 is 0 Å². The predicted molar refractivity (Wildman–Crippen MR) is 118 cm³/mol. The Bertz CT molecular complexity index is 893. The molecule has 0 aliphatic carbocycles. The lowest BCUT2D eigenvalue weighted by Crippen LogP contribution is -2.43. The van der Waals surface area contributed by atoms with Crippen LogP contribution in [0, 0.1) is 0 Å². The molecule has 28 heavy (non-hydrogen) atoms. The fourth-order valence-corrected chi connectivity index (χ4v) is 5.55. The Morgan fingerprint density at radius 1 is 1.25 bits per heavy atom. The SMILES string of the molecule is C=CCN(Cc1cccs1)C(=O)CN1CCC(c2nc3ccccc3s2)CC1. The molecule has 4 nitrogen and oxygen atoms in total. The summed E-state index contributed by atoms with van der Waals surface area (Å²) in [6.45, 7) is 7.47. The number of amides is 1. The van der Waals surface area contributed by atoms with Crippen LogP contribution in [-0.4, -0.2) is 46.9 Å². The largest absolute Gasteiger partial charge is 0.333 e. The molecule has 1 fully saturated rings. The fourth-order valence-electron chi connectivity index (χ4n) is 3.70. The number of likely N-dealkylation sites (tertiary alicyclic amines) is 1. The van der Waals surface area contributed by atoms with E-state index in [1.807, 2.05) is 34.4 Å². The van der Waals surface area contributed by atoms with Crippen LogP contribution >= 0.6 is 22.7 Å². The number of para-hydroxylation sites is 1. The molecule has 0 atom stereocenters. The minimum atomic E-state index is 0.187. The van der Waals surface area contributed by atoms with E-state index < -0.39 is 0 Å². The third-order valence-corrected chi connectivity index (χ3v) is 7.30. The molecule has 1 saturated heterocycles. The van der Waals surface area contributed by atoms with Crippen LogP contribution in [0.15, 0.2) is 54.4 Å². The molecule has 1 aliphatic heterocycles. The van der Waals surface area contributed by atoms with Crippen LogP contribution in [0.4, 0.5) is 0 Å². The number of fused-ring (bicyclic) bond motifs is 1. The van der Waals surface area contributed by atoms with E-state index in [2.05, 4.69) is 41.1 Å². The van der Waals surface area contributed by atoms with Crippen molar-refractivity contribution in [1.29, 1.82) is 0 Å². The predicted octanol–water partition coefficient (Wildman–Crippen LogP) is 4.75. The van der Waals surface area contributed by atoms with E-state index in [0.29, 0.717) is 25.6 Å². The number of rotatable bonds is 7. The molecule has 0 spiro atoms. The molecule has 1 amide bonds. The Morgan fingerprint density at radius 2 is 2.07 bits per heavy atom. The fraction of sp³-hybridized carbons (Fsp3) is 0.364. The average Bonchev–Trinajstić information content (AvgIpc) is 3.37. The number of thiophene rings is 1. The van der Waals surface area contributed by atoms with E-state index >= 15 is 0 Å². The summed E-state index contributed by atoms with van der Waals surface area (Å²) in [7, 11) is 0. The van der Waals surface area contributed by atoms with E-state index in [-0.39, 0.29) is 5.91 Å². The Hall–Kier alpha value is -2.02. The molecular weight excluding hydrogens is 386 g/mol. The highest BCUT2D eigenvalue weighted by Crippen LogP contribution is 2.33. The van der Waals surface area contributed by atoms with E-state index in [1.165, 1.54) is 14.6 Å². The van der Waals surface area contributed by atoms with Crippen LogP contribution in [0.2, 0.25) is 0 Å². The lowest BCUT2D eigenvalue weighted by Gasteiger charge is -2.32. The van der Waals surface area contributed by atoms with Crippen LogP contribution in [0.5, 0.6) is 0 Å². The zero-order valence-electron chi connectivity index (χ0n) is 15.9. The van der Waals surface area contributed by atoms with Gasteiger partial charge in [0.05, 0.1) is 28.3 Å².